The van der Waals surface area contributed by atoms with E-state index >= 15 is 0 Å². The Bertz CT molecular complexity index is 1150. The van der Waals surface area contributed by atoms with Gasteiger partial charge in [0.15, 0.2) is 0 Å². The lowest BCUT2D eigenvalue weighted by Crippen LogP contribution is -2.37. The Morgan fingerprint density at radius 2 is 2.10 bits per heavy atom. The minimum Gasteiger partial charge on any atom is -0.376 e. The van der Waals surface area contributed by atoms with Crippen LogP contribution in [0.3, 0.4) is 0 Å². The van der Waals surface area contributed by atoms with E-state index < -0.39 is 0 Å². The van der Waals surface area contributed by atoms with E-state index in [0.29, 0.717) is 23.5 Å². The van der Waals surface area contributed by atoms with Crippen molar-refractivity contribution in [3.63, 3.8) is 0 Å². The molecule has 1 fully saturated rings. The van der Waals surface area contributed by atoms with Crippen LogP contribution < -0.4 is 10.9 Å². The topological polar surface area (TPSA) is 78.2 Å². The average Bonchev–Trinajstić information content (AvgIpc) is 3.33. The fourth-order valence-corrected chi connectivity index (χ4v) is 4.21. The van der Waals surface area contributed by atoms with E-state index in [1.54, 1.807) is 6.20 Å². The summed E-state index contributed by atoms with van der Waals surface area (Å²) >= 11 is 6.32. The lowest BCUT2D eigenvalue weighted by molar-refractivity contribution is -0.122. The van der Waals surface area contributed by atoms with Gasteiger partial charge in [-0.25, -0.2) is 4.68 Å². The quantitative estimate of drug-likeness (QED) is 0.654. The van der Waals surface area contributed by atoms with Crippen molar-refractivity contribution >= 4 is 28.3 Å². The highest BCUT2D eigenvalue weighted by molar-refractivity contribution is 6.31. The molecule has 0 aliphatic carbocycles. The third-order valence-electron chi connectivity index (χ3n) is 5.74. The van der Waals surface area contributed by atoms with Gasteiger partial charge < -0.3 is 14.6 Å². The van der Waals surface area contributed by atoms with Gasteiger partial charge in [0.1, 0.15) is 6.54 Å². The van der Waals surface area contributed by atoms with Crippen LogP contribution >= 0.6 is 11.6 Å². The van der Waals surface area contributed by atoms with Crippen LogP contribution in [-0.4, -0.2) is 39.5 Å². The Balaban J connectivity index is 1.59. The van der Waals surface area contributed by atoms with E-state index in [9.17, 15) is 9.59 Å². The highest BCUT2D eigenvalue weighted by atomic mass is 35.5. The number of aromatic nitrogens is 3. The summed E-state index contributed by atoms with van der Waals surface area (Å²) in [5.74, 6) is -0.246. The van der Waals surface area contributed by atoms with Crippen LogP contribution in [0.2, 0.25) is 5.02 Å². The molecule has 2 aromatic heterocycles. The number of carbonyl (C=O) groups is 1. The number of aryl methyl sites for hydroxylation is 2. The number of halogens is 1. The predicted octanol–water partition coefficient (Wildman–Crippen LogP) is 2.81. The molecule has 0 bridgehead atoms. The van der Waals surface area contributed by atoms with E-state index in [2.05, 4.69) is 15.0 Å². The van der Waals surface area contributed by atoms with Gasteiger partial charge in [0.25, 0.3) is 5.56 Å². The maximum absolute atomic E-state index is 13.1. The summed E-state index contributed by atoms with van der Waals surface area (Å²) in [4.78, 5) is 25.4. The van der Waals surface area contributed by atoms with Crippen LogP contribution in [0, 0.1) is 13.8 Å². The molecule has 1 aliphatic rings. The van der Waals surface area contributed by atoms with Gasteiger partial charge in [0, 0.05) is 41.5 Å². The minimum atomic E-state index is -0.265. The fraction of sp³-hybridized carbons (Fsp3) is 0.409. The molecule has 1 aromatic carbocycles. The molecule has 1 N–H and O–H groups in total. The fourth-order valence-electron chi connectivity index (χ4n) is 4.02. The van der Waals surface area contributed by atoms with Crippen molar-refractivity contribution in [2.24, 2.45) is 0 Å². The highest BCUT2D eigenvalue weighted by Crippen LogP contribution is 2.25. The third-order valence-corrected chi connectivity index (χ3v) is 6.10. The van der Waals surface area contributed by atoms with Crippen LogP contribution in [0.15, 0.2) is 35.3 Å². The first kappa shape index (κ1) is 20.6. The summed E-state index contributed by atoms with van der Waals surface area (Å²) < 4.78 is 8.80. The van der Waals surface area contributed by atoms with Crippen molar-refractivity contribution in [2.45, 2.75) is 45.9 Å². The van der Waals surface area contributed by atoms with E-state index in [1.165, 1.54) is 4.68 Å². The largest absolute Gasteiger partial charge is 0.376 e. The summed E-state index contributed by atoms with van der Waals surface area (Å²) in [6.07, 6.45) is 3.68. The van der Waals surface area contributed by atoms with Crippen molar-refractivity contribution in [3.05, 3.63) is 62.8 Å². The zero-order chi connectivity index (χ0) is 21.3. The smallest absolute Gasteiger partial charge is 0.276 e. The van der Waals surface area contributed by atoms with Gasteiger partial charge in [0.05, 0.1) is 17.7 Å². The van der Waals surface area contributed by atoms with Crippen LogP contribution in [0.25, 0.3) is 10.8 Å². The predicted molar refractivity (Wildman–Crippen MR) is 116 cm³/mol. The molecule has 8 heteroatoms. The minimum absolute atomic E-state index is 0.0600. The Kier molecular flexibility index (Phi) is 5.92. The lowest BCUT2D eigenvalue weighted by atomic mass is 10.2. The van der Waals surface area contributed by atoms with E-state index in [-0.39, 0.29) is 24.1 Å². The van der Waals surface area contributed by atoms with Gasteiger partial charge in [-0.05, 0) is 38.3 Å². The van der Waals surface area contributed by atoms with Crippen LogP contribution in [-0.2, 0) is 22.6 Å². The molecular weight excluding hydrogens is 404 g/mol. The molecule has 0 radical (unpaired) electrons. The Hall–Kier alpha value is -2.64. The molecule has 7 nitrogen and oxygen atoms in total. The van der Waals surface area contributed by atoms with E-state index in [1.807, 2.05) is 38.1 Å². The number of nitrogens with zero attached hydrogens (tertiary/aromatic N) is 3. The molecule has 4 rings (SSSR count). The molecule has 3 aromatic rings. The normalized spacial score (nSPS) is 16.3. The number of hydrogen-bond acceptors (Lipinski definition) is 4. The monoisotopic (exact) mass is 428 g/mol. The van der Waals surface area contributed by atoms with Crippen molar-refractivity contribution < 1.29 is 9.53 Å². The van der Waals surface area contributed by atoms with Gasteiger partial charge in [-0.15, -0.1) is 0 Å². The molecule has 1 amide bonds. The molecule has 1 saturated heterocycles. The maximum Gasteiger partial charge on any atom is 0.276 e. The molecule has 3 heterocycles. The molecule has 30 heavy (non-hydrogen) atoms. The summed E-state index contributed by atoms with van der Waals surface area (Å²) in [6, 6.07) is 7.67. The maximum atomic E-state index is 13.1. The van der Waals surface area contributed by atoms with Crippen LogP contribution in [0.1, 0.15) is 29.8 Å². The average molecular weight is 429 g/mol. The summed E-state index contributed by atoms with van der Waals surface area (Å²) in [5.41, 5.74) is 2.50. The first-order valence-corrected chi connectivity index (χ1v) is 10.5. The van der Waals surface area contributed by atoms with Gasteiger partial charge >= 0.3 is 0 Å². The number of carbonyl (C=O) groups excluding carboxylic acids is 1. The molecule has 0 saturated carbocycles. The Morgan fingerprint density at radius 1 is 1.30 bits per heavy atom. The third kappa shape index (κ3) is 4.00. The highest BCUT2D eigenvalue weighted by Gasteiger charge is 2.19. The molecule has 158 valence electrons. The van der Waals surface area contributed by atoms with Gasteiger partial charge in [-0.3, -0.25) is 9.59 Å². The second-order valence-corrected chi connectivity index (χ2v) is 8.09. The first-order chi connectivity index (χ1) is 14.5. The van der Waals surface area contributed by atoms with Gasteiger partial charge in [-0.2, -0.15) is 5.10 Å². The van der Waals surface area contributed by atoms with Gasteiger partial charge in [-0.1, -0.05) is 29.8 Å². The molecule has 1 atom stereocenters. The summed E-state index contributed by atoms with van der Waals surface area (Å²) in [6.45, 7) is 5.52. The number of nitrogens with one attached hydrogen (secondary N) is 1. The zero-order valence-corrected chi connectivity index (χ0v) is 17.9. The summed E-state index contributed by atoms with van der Waals surface area (Å²) in [5, 5.41) is 9.14. The number of benzene rings is 1. The SMILES string of the molecule is Cc1c2cnn(CC(=O)NC[C@H]3CCCO3)c(=O)c2c(C)n1Cc1ccccc1Cl. The molecule has 0 unspecified atom stereocenters. The van der Waals surface area contributed by atoms with E-state index in [0.717, 1.165) is 41.8 Å². The molecule has 0 spiro atoms. The van der Waals surface area contributed by atoms with Crippen LogP contribution in [0.4, 0.5) is 0 Å². The number of hydrogen-bond donors (Lipinski definition) is 1. The lowest BCUT2D eigenvalue weighted by Gasteiger charge is -2.11. The standard InChI is InChI=1S/C22H25ClN4O3/c1-14-18-11-25-27(13-20(28)24-10-17-7-5-9-30-17)22(29)21(18)15(2)26(14)12-16-6-3-4-8-19(16)23/h3-4,6,8,11,17H,5,7,9-10,12-13H2,1-2H3,(H,24,28)/t17-/m1/s1. The number of rotatable bonds is 6. The first-order valence-electron chi connectivity index (χ1n) is 10.1. The number of amides is 1. The second-order valence-electron chi connectivity index (χ2n) is 7.68. The Labute approximate surface area is 179 Å². The van der Waals surface area contributed by atoms with Crippen molar-refractivity contribution in [1.29, 1.82) is 0 Å². The van der Waals surface area contributed by atoms with Crippen molar-refractivity contribution in [2.75, 3.05) is 13.2 Å². The molecule has 1 aliphatic heterocycles. The number of ether oxygens (including phenoxy) is 1. The van der Waals surface area contributed by atoms with Crippen molar-refractivity contribution in [3.8, 4) is 0 Å². The zero-order valence-electron chi connectivity index (χ0n) is 17.2. The van der Waals surface area contributed by atoms with Crippen LogP contribution in [0.5, 0.6) is 0 Å². The number of fused-ring (bicyclic) bond motifs is 1. The summed E-state index contributed by atoms with van der Waals surface area (Å²) in [7, 11) is 0. The Morgan fingerprint density at radius 3 is 2.83 bits per heavy atom. The van der Waals surface area contributed by atoms with E-state index in [4.69, 9.17) is 16.3 Å². The molecular formula is C22H25ClN4O3. The van der Waals surface area contributed by atoms with Crippen molar-refractivity contribution in [1.82, 2.24) is 19.7 Å². The second kappa shape index (κ2) is 8.62. The van der Waals surface area contributed by atoms with Gasteiger partial charge in [0.2, 0.25) is 5.91 Å².